The number of nitrogens with zero attached hydrogens (tertiary/aromatic N) is 2. The predicted molar refractivity (Wildman–Crippen MR) is 96.4 cm³/mol. The molecule has 0 aliphatic heterocycles. The number of ether oxygens (including phenoxy) is 2. The van der Waals surface area contributed by atoms with Crippen molar-refractivity contribution in [1.29, 1.82) is 0 Å². The third-order valence-corrected chi connectivity index (χ3v) is 4.21. The molecule has 0 fully saturated rings. The Hall–Kier alpha value is -1.80. The van der Waals surface area contributed by atoms with Crippen molar-refractivity contribution in [2.24, 2.45) is 4.99 Å². The summed E-state index contributed by atoms with van der Waals surface area (Å²) in [5.74, 6) is 1.60. The third-order valence-electron chi connectivity index (χ3n) is 3.30. The Balaban J connectivity index is 2.40. The molecule has 24 heavy (non-hydrogen) atoms. The molecule has 7 nitrogen and oxygen atoms in total. The van der Waals surface area contributed by atoms with E-state index in [4.69, 9.17) is 9.47 Å². The molecule has 0 saturated carbocycles. The van der Waals surface area contributed by atoms with Crippen molar-refractivity contribution in [2.45, 2.75) is 6.54 Å². The van der Waals surface area contributed by atoms with Gasteiger partial charge in [-0.15, -0.1) is 0 Å². The van der Waals surface area contributed by atoms with Gasteiger partial charge in [-0.2, -0.15) is 0 Å². The van der Waals surface area contributed by atoms with Crippen LogP contribution in [-0.2, 0) is 21.1 Å². The van der Waals surface area contributed by atoms with E-state index in [9.17, 15) is 8.42 Å². The minimum absolute atomic E-state index is 0.0371. The normalized spacial score (nSPS) is 12.1. The molecular weight excluding hydrogens is 330 g/mol. The monoisotopic (exact) mass is 357 g/mol. The Morgan fingerprint density at radius 2 is 2.00 bits per heavy atom. The second kappa shape index (κ2) is 10.1. The maximum absolute atomic E-state index is 11.0. The van der Waals surface area contributed by atoms with Crippen molar-refractivity contribution in [2.75, 3.05) is 53.0 Å². The Labute approximate surface area is 144 Å². The lowest BCUT2D eigenvalue weighted by molar-refractivity contribution is 0.153. The molecule has 0 bridgehead atoms. The number of para-hydroxylation sites is 1. The molecule has 0 radical (unpaired) electrons. The highest BCUT2D eigenvalue weighted by Gasteiger charge is 2.09. The fraction of sp³-hybridized carbons (Fsp3) is 0.562. The van der Waals surface area contributed by atoms with Crippen LogP contribution in [0.25, 0.3) is 0 Å². The zero-order valence-corrected chi connectivity index (χ0v) is 15.6. The summed E-state index contributed by atoms with van der Waals surface area (Å²) in [5.41, 5.74) is 1.06. The number of benzene rings is 1. The molecule has 0 aliphatic rings. The summed E-state index contributed by atoms with van der Waals surface area (Å²) in [4.78, 5) is 6.22. The SMILES string of the molecule is CN=C(NCCOCCS(C)(=O)=O)N(C)Cc1ccccc1OC. The van der Waals surface area contributed by atoms with Gasteiger partial charge in [0.2, 0.25) is 0 Å². The molecule has 0 saturated heterocycles. The van der Waals surface area contributed by atoms with Crippen LogP contribution in [0.5, 0.6) is 5.75 Å². The Bertz CT molecular complexity index is 632. The van der Waals surface area contributed by atoms with Crippen LogP contribution in [0.15, 0.2) is 29.3 Å². The second-order valence-electron chi connectivity index (χ2n) is 5.38. The molecular formula is C16H27N3O4S. The van der Waals surface area contributed by atoms with E-state index in [1.54, 1.807) is 14.2 Å². The van der Waals surface area contributed by atoms with Gasteiger partial charge in [0.15, 0.2) is 5.96 Å². The zero-order valence-electron chi connectivity index (χ0n) is 14.8. The summed E-state index contributed by atoms with van der Waals surface area (Å²) < 4.78 is 32.7. The second-order valence-corrected chi connectivity index (χ2v) is 7.64. The number of hydrogen-bond acceptors (Lipinski definition) is 5. The average molecular weight is 357 g/mol. The van der Waals surface area contributed by atoms with Gasteiger partial charge in [0.1, 0.15) is 15.6 Å². The van der Waals surface area contributed by atoms with Gasteiger partial charge in [0.05, 0.1) is 26.1 Å². The first-order chi connectivity index (χ1) is 11.4. The first kappa shape index (κ1) is 20.2. The van der Waals surface area contributed by atoms with E-state index in [0.717, 1.165) is 17.3 Å². The van der Waals surface area contributed by atoms with Crippen molar-refractivity contribution < 1.29 is 17.9 Å². The number of rotatable bonds is 9. The average Bonchev–Trinajstić information content (AvgIpc) is 2.53. The minimum Gasteiger partial charge on any atom is -0.496 e. The number of nitrogens with one attached hydrogen (secondary N) is 1. The third kappa shape index (κ3) is 7.65. The molecule has 1 aromatic rings. The number of aliphatic imine (C=N–C) groups is 1. The van der Waals surface area contributed by atoms with Gasteiger partial charge >= 0.3 is 0 Å². The lowest BCUT2D eigenvalue weighted by Gasteiger charge is -2.23. The van der Waals surface area contributed by atoms with Crippen molar-refractivity contribution >= 4 is 15.8 Å². The molecule has 0 atom stereocenters. The largest absolute Gasteiger partial charge is 0.496 e. The lowest BCUT2D eigenvalue weighted by Crippen LogP contribution is -2.40. The minimum atomic E-state index is -2.98. The van der Waals surface area contributed by atoms with Gasteiger partial charge in [-0.05, 0) is 6.07 Å². The molecule has 1 rings (SSSR count). The molecule has 8 heteroatoms. The van der Waals surface area contributed by atoms with Gasteiger partial charge in [0, 0.05) is 39.0 Å². The highest BCUT2D eigenvalue weighted by Crippen LogP contribution is 2.18. The zero-order chi connectivity index (χ0) is 18.0. The standard InChI is InChI=1S/C16H27N3O4S/c1-17-16(18-9-10-23-11-12-24(4,20)21)19(2)13-14-7-5-6-8-15(14)22-3/h5-8H,9-13H2,1-4H3,(H,17,18). The molecule has 1 aromatic carbocycles. The van der Waals surface area contributed by atoms with Gasteiger partial charge in [-0.3, -0.25) is 4.99 Å². The van der Waals surface area contributed by atoms with Crippen molar-refractivity contribution in [3.8, 4) is 5.75 Å². The van der Waals surface area contributed by atoms with Crippen LogP contribution in [0.1, 0.15) is 5.56 Å². The van der Waals surface area contributed by atoms with Crippen LogP contribution in [0.2, 0.25) is 0 Å². The number of methoxy groups -OCH3 is 1. The predicted octanol–water partition coefficient (Wildman–Crippen LogP) is 0.764. The Morgan fingerprint density at radius 3 is 2.62 bits per heavy atom. The molecule has 0 amide bonds. The number of hydrogen-bond donors (Lipinski definition) is 1. The molecule has 0 unspecified atom stereocenters. The van der Waals surface area contributed by atoms with Crippen molar-refractivity contribution in [3.63, 3.8) is 0 Å². The molecule has 1 N–H and O–H groups in total. The summed E-state index contributed by atoms with van der Waals surface area (Å²) in [6.07, 6.45) is 1.20. The Kier molecular flexibility index (Phi) is 8.56. The molecule has 0 spiro atoms. The first-order valence-corrected chi connectivity index (χ1v) is 9.72. The maximum atomic E-state index is 11.0. The van der Waals surface area contributed by atoms with Crippen LogP contribution in [0.3, 0.4) is 0 Å². The van der Waals surface area contributed by atoms with E-state index in [1.165, 1.54) is 6.26 Å². The van der Waals surface area contributed by atoms with Crippen LogP contribution in [0, 0.1) is 0 Å². The first-order valence-electron chi connectivity index (χ1n) is 7.66. The van der Waals surface area contributed by atoms with Gasteiger partial charge in [0.25, 0.3) is 0 Å². The van der Waals surface area contributed by atoms with Crippen molar-refractivity contribution in [3.05, 3.63) is 29.8 Å². The lowest BCUT2D eigenvalue weighted by atomic mass is 10.2. The summed E-state index contributed by atoms with van der Waals surface area (Å²) in [5, 5.41) is 3.19. The van der Waals surface area contributed by atoms with Crippen LogP contribution in [0.4, 0.5) is 0 Å². The maximum Gasteiger partial charge on any atom is 0.193 e. The van der Waals surface area contributed by atoms with E-state index in [0.29, 0.717) is 19.7 Å². The smallest absolute Gasteiger partial charge is 0.193 e. The summed E-state index contributed by atoms with van der Waals surface area (Å²) in [6, 6.07) is 7.84. The fourth-order valence-electron chi connectivity index (χ4n) is 2.10. The number of guanidine groups is 1. The topological polar surface area (TPSA) is 80.2 Å². The van der Waals surface area contributed by atoms with Crippen LogP contribution >= 0.6 is 0 Å². The summed E-state index contributed by atoms with van der Waals surface area (Å²) in [7, 11) is 2.33. The highest BCUT2D eigenvalue weighted by molar-refractivity contribution is 7.90. The van der Waals surface area contributed by atoms with E-state index >= 15 is 0 Å². The van der Waals surface area contributed by atoms with Crippen LogP contribution in [-0.4, -0.2) is 72.2 Å². The molecule has 0 aromatic heterocycles. The van der Waals surface area contributed by atoms with Gasteiger partial charge < -0.3 is 19.7 Å². The molecule has 136 valence electrons. The summed E-state index contributed by atoms with van der Waals surface area (Å²) >= 11 is 0. The van der Waals surface area contributed by atoms with E-state index in [1.807, 2.05) is 36.2 Å². The number of sulfone groups is 1. The molecule has 0 aliphatic carbocycles. The summed E-state index contributed by atoms with van der Waals surface area (Å²) in [6.45, 7) is 1.82. The fourth-order valence-corrected chi connectivity index (χ4v) is 2.52. The van der Waals surface area contributed by atoms with Gasteiger partial charge in [-0.25, -0.2) is 8.42 Å². The quantitative estimate of drug-likeness (QED) is 0.399. The Morgan fingerprint density at radius 1 is 1.29 bits per heavy atom. The van der Waals surface area contributed by atoms with Crippen LogP contribution < -0.4 is 10.1 Å². The van der Waals surface area contributed by atoms with E-state index < -0.39 is 9.84 Å². The van der Waals surface area contributed by atoms with Gasteiger partial charge in [-0.1, -0.05) is 18.2 Å². The molecule has 0 heterocycles. The van der Waals surface area contributed by atoms with Crippen molar-refractivity contribution in [1.82, 2.24) is 10.2 Å². The van der Waals surface area contributed by atoms with E-state index in [2.05, 4.69) is 10.3 Å². The highest BCUT2D eigenvalue weighted by atomic mass is 32.2. The van der Waals surface area contributed by atoms with E-state index in [-0.39, 0.29) is 12.4 Å².